The maximum atomic E-state index is 12.6. The lowest BCUT2D eigenvalue weighted by Gasteiger charge is -2.27. The number of aromatic nitrogens is 3. The number of hydrogen-bond acceptors (Lipinski definition) is 5. The number of halogens is 2. The first-order valence-corrected chi connectivity index (χ1v) is 10.6. The molecule has 0 atom stereocenters. The first-order chi connectivity index (χ1) is 14.6. The van der Waals surface area contributed by atoms with Gasteiger partial charge in [0.1, 0.15) is 5.75 Å². The molecule has 0 radical (unpaired) electrons. The molecule has 2 aromatic rings. The highest BCUT2D eigenvalue weighted by molar-refractivity contribution is 5.76. The Hall–Kier alpha value is -2.71. The number of hydrogen-bond donors (Lipinski definition) is 0. The van der Waals surface area contributed by atoms with E-state index in [0.29, 0.717) is 30.9 Å². The van der Waals surface area contributed by atoms with E-state index in [1.54, 1.807) is 12.1 Å². The summed E-state index contributed by atoms with van der Waals surface area (Å²) in [7, 11) is 0. The molecule has 1 aromatic heterocycles. The summed E-state index contributed by atoms with van der Waals surface area (Å²) in [6.07, 6.45) is 5.67. The van der Waals surface area contributed by atoms with Gasteiger partial charge < -0.3 is 14.5 Å². The molecule has 162 valence electrons. The molecule has 30 heavy (non-hydrogen) atoms. The molecule has 3 heterocycles. The zero-order chi connectivity index (χ0) is 20.9. The number of likely N-dealkylation sites (tertiary alicyclic amines) is 1. The molecule has 0 N–H and O–H groups in total. The lowest BCUT2D eigenvalue weighted by Crippen LogP contribution is -2.36. The summed E-state index contributed by atoms with van der Waals surface area (Å²) in [6, 6.07) is 6.56. The highest BCUT2D eigenvalue weighted by Crippen LogP contribution is 2.28. The molecular weight excluding hydrogens is 392 g/mol. The predicted octanol–water partition coefficient (Wildman–Crippen LogP) is 3.55. The number of rotatable bonds is 8. The Morgan fingerprint density at radius 3 is 2.60 bits per heavy atom. The van der Waals surface area contributed by atoms with E-state index in [1.165, 1.54) is 6.07 Å². The maximum Gasteiger partial charge on any atom is 0.387 e. The normalized spacial score (nSPS) is 17.2. The Bertz CT molecular complexity index is 867. The van der Waals surface area contributed by atoms with Crippen LogP contribution in [0.5, 0.6) is 5.75 Å². The number of anilines is 1. The number of carbonyl (C=O) groups is 1. The van der Waals surface area contributed by atoms with Gasteiger partial charge in [-0.2, -0.15) is 8.78 Å². The fraction of sp³-hybridized carbons (Fsp3) is 0.571. The van der Waals surface area contributed by atoms with Gasteiger partial charge in [-0.1, -0.05) is 12.1 Å². The van der Waals surface area contributed by atoms with Crippen molar-refractivity contribution in [2.45, 2.75) is 51.7 Å². The first-order valence-electron chi connectivity index (χ1n) is 10.6. The molecule has 4 rings (SSSR count). The van der Waals surface area contributed by atoms with E-state index in [9.17, 15) is 13.6 Å². The van der Waals surface area contributed by atoms with Gasteiger partial charge >= 0.3 is 6.61 Å². The summed E-state index contributed by atoms with van der Waals surface area (Å²) < 4.78 is 31.8. The summed E-state index contributed by atoms with van der Waals surface area (Å²) >= 11 is 0. The molecular formula is C21H27F2N5O2. The standard InChI is InChI=1S/C21H27F2N5O2/c22-20(23)30-17-8-5-7-16(15-17)19-24-25-21(27-11-3-4-12-27)28(19)14-6-13-26-10-2-1-9-18(26)29/h5,7-8,15,20H,1-4,6,9-14H2. The summed E-state index contributed by atoms with van der Waals surface area (Å²) in [6.45, 7) is 1.15. The monoisotopic (exact) mass is 419 g/mol. The van der Waals surface area contributed by atoms with Gasteiger partial charge in [-0.05, 0) is 44.2 Å². The highest BCUT2D eigenvalue weighted by Gasteiger charge is 2.23. The van der Waals surface area contributed by atoms with Crippen molar-refractivity contribution >= 4 is 11.9 Å². The van der Waals surface area contributed by atoms with E-state index >= 15 is 0 Å². The Labute approximate surface area is 174 Å². The van der Waals surface area contributed by atoms with E-state index in [2.05, 4.69) is 19.8 Å². The van der Waals surface area contributed by atoms with Crippen LogP contribution in [-0.2, 0) is 11.3 Å². The number of amides is 1. The lowest BCUT2D eigenvalue weighted by atomic mass is 10.1. The molecule has 2 aliphatic heterocycles. The summed E-state index contributed by atoms with van der Waals surface area (Å²) in [5.74, 6) is 1.75. The van der Waals surface area contributed by atoms with Crippen molar-refractivity contribution in [2.75, 3.05) is 31.1 Å². The van der Waals surface area contributed by atoms with Gasteiger partial charge in [0, 0.05) is 44.7 Å². The molecule has 1 aromatic carbocycles. The van der Waals surface area contributed by atoms with Crippen molar-refractivity contribution in [3.05, 3.63) is 24.3 Å². The number of carbonyl (C=O) groups excluding carboxylic acids is 1. The van der Waals surface area contributed by atoms with Crippen molar-refractivity contribution in [3.8, 4) is 17.1 Å². The average molecular weight is 419 g/mol. The Morgan fingerprint density at radius 2 is 1.83 bits per heavy atom. The third-order valence-corrected chi connectivity index (χ3v) is 5.67. The van der Waals surface area contributed by atoms with Gasteiger partial charge in [0.05, 0.1) is 0 Å². The molecule has 0 bridgehead atoms. The number of benzene rings is 1. The van der Waals surface area contributed by atoms with Crippen LogP contribution < -0.4 is 9.64 Å². The third-order valence-electron chi connectivity index (χ3n) is 5.67. The molecule has 0 aliphatic carbocycles. The minimum absolute atomic E-state index is 0.0960. The first kappa shape index (κ1) is 20.6. The summed E-state index contributed by atoms with van der Waals surface area (Å²) in [5.41, 5.74) is 0.681. The van der Waals surface area contributed by atoms with E-state index in [0.717, 1.165) is 57.7 Å². The highest BCUT2D eigenvalue weighted by atomic mass is 19.3. The Balaban J connectivity index is 1.55. The van der Waals surface area contributed by atoms with Gasteiger partial charge in [-0.3, -0.25) is 9.36 Å². The molecule has 2 aliphatic rings. The maximum absolute atomic E-state index is 12.6. The van der Waals surface area contributed by atoms with Crippen LogP contribution in [0.1, 0.15) is 38.5 Å². The van der Waals surface area contributed by atoms with Crippen LogP contribution >= 0.6 is 0 Å². The largest absolute Gasteiger partial charge is 0.435 e. The minimum Gasteiger partial charge on any atom is -0.435 e. The third kappa shape index (κ3) is 4.71. The van der Waals surface area contributed by atoms with Gasteiger partial charge in [-0.15, -0.1) is 10.2 Å². The second-order valence-corrected chi connectivity index (χ2v) is 7.77. The molecule has 0 unspecified atom stereocenters. The van der Waals surface area contributed by atoms with Crippen molar-refractivity contribution in [3.63, 3.8) is 0 Å². The van der Waals surface area contributed by atoms with Crippen LogP contribution in [0, 0.1) is 0 Å². The summed E-state index contributed by atoms with van der Waals surface area (Å²) in [4.78, 5) is 16.2. The Morgan fingerprint density at radius 1 is 1.03 bits per heavy atom. The summed E-state index contributed by atoms with van der Waals surface area (Å²) in [5, 5.41) is 8.79. The Kier molecular flexibility index (Phi) is 6.44. The van der Waals surface area contributed by atoms with Crippen LogP contribution in [0.4, 0.5) is 14.7 Å². The fourth-order valence-electron chi connectivity index (χ4n) is 4.19. The van der Waals surface area contributed by atoms with Crippen LogP contribution in [-0.4, -0.2) is 58.4 Å². The number of ether oxygens (including phenoxy) is 1. The fourth-order valence-corrected chi connectivity index (χ4v) is 4.19. The molecule has 1 amide bonds. The SMILES string of the molecule is O=C1CCCCN1CCCn1c(-c2cccc(OC(F)F)c2)nnc1N1CCCC1. The van der Waals surface area contributed by atoms with Crippen molar-refractivity contribution in [1.29, 1.82) is 0 Å². The van der Waals surface area contributed by atoms with Crippen molar-refractivity contribution in [2.24, 2.45) is 0 Å². The van der Waals surface area contributed by atoms with Crippen LogP contribution in [0.25, 0.3) is 11.4 Å². The number of alkyl halides is 2. The zero-order valence-electron chi connectivity index (χ0n) is 17.0. The van der Waals surface area contributed by atoms with Crippen LogP contribution in [0.2, 0.25) is 0 Å². The predicted molar refractivity (Wildman–Crippen MR) is 109 cm³/mol. The van der Waals surface area contributed by atoms with Gasteiger partial charge in [0.15, 0.2) is 5.82 Å². The second kappa shape index (κ2) is 9.40. The van der Waals surface area contributed by atoms with E-state index < -0.39 is 6.61 Å². The van der Waals surface area contributed by atoms with Gasteiger partial charge in [-0.25, -0.2) is 0 Å². The zero-order valence-corrected chi connectivity index (χ0v) is 17.0. The quantitative estimate of drug-likeness (QED) is 0.655. The van der Waals surface area contributed by atoms with Crippen molar-refractivity contribution in [1.82, 2.24) is 19.7 Å². The topological polar surface area (TPSA) is 63.5 Å². The lowest BCUT2D eigenvalue weighted by molar-refractivity contribution is -0.133. The molecule has 9 heteroatoms. The average Bonchev–Trinajstić information content (AvgIpc) is 3.39. The molecule has 0 spiro atoms. The molecule has 2 fully saturated rings. The molecule has 7 nitrogen and oxygen atoms in total. The van der Waals surface area contributed by atoms with Gasteiger partial charge in [0.2, 0.25) is 11.9 Å². The molecule has 0 saturated carbocycles. The van der Waals surface area contributed by atoms with E-state index in [4.69, 9.17) is 0 Å². The van der Waals surface area contributed by atoms with Crippen LogP contribution in [0.15, 0.2) is 24.3 Å². The molecule has 2 saturated heterocycles. The minimum atomic E-state index is -2.87. The number of piperidine rings is 1. The van der Waals surface area contributed by atoms with E-state index in [-0.39, 0.29) is 11.7 Å². The second-order valence-electron chi connectivity index (χ2n) is 7.77. The van der Waals surface area contributed by atoms with Crippen molar-refractivity contribution < 1.29 is 18.3 Å². The van der Waals surface area contributed by atoms with E-state index in [1.807, 2.05) is 15.5 Å². The number of nitrogens with zero attached hydrogens (tertiary/aromatic N) is 5. The van der Waals surface area contributed by atoms with Gasteiger partial charge in [0.25, 0.3) is 0 Å². The van der Waals surface area contributed by atoms with Crippen LogP contribution in [0.3, 0.4) is 0 Å². The smallest absolute Gasteiger partial charge is 0.387 e.